The SMILES string of the molecule is C=C(CC(O)c1ccc([N+](=O)[O-])cc1)C(C)(C)C(C)(C)C(C)(C)C(C)(C)C. The third-order valence-corrected chi connectivity index (χ3v) is 7.81. The van der Waals surface area contributed by atoms with Gasteiger partial charge in [-0.1, -0.05) is 74.5 Å². The van der Waals surface area contributed by atoms with Crippen molar-refractivity contribution < 1.29 is 10.0 Å². The molecule has 0 aromatic heterocycles. The summed E-state index contributed by atoms with van der Waals surface area (Å²) < 4.78 is 0. The minimum absolute atomic E-state index is 0.0186. The quantitative estimate of drug-likeness (QED) is 0.328. The van der Waals surface area contributed by atoms with E-state index in [1.807, 2.05) is 0 Å². The number of nitro benzene ring substituents is 1. The van der Waals surface area contributed by atoms with Crippen LogP contribution in [0.1, 0.15) is 80.4 Å². The molecule has 4 heteroatoms. The predicted octanol–water partition coefficient (Wildman–Crippen LogP) is 6.70. The molecule has 1 aromatic rings. The maximum atomic E-state index is 10.8. The maximum absolute atomic E-state index is 10.8. The molecule has 0 saturated heterocycles. The van der Waals surface area contributed by atoms with E-state index in [2.05, 4.69) is 68.9 Å². The Morgan fingerprint density at radius 1 is 1.00 bits per heavy atom. The van der Waals surface area contributed by atoms with Gasteiger partial charge in [-0.2, -0.15) is 0 Å². The average Bonchev–Trinajstić information content (AvgIpc) is 2.53. The molecule has 1 unspecified atom stereocenters. The second kappa shape index (κ2) is 7.38. The number of nitrogens with zero attached hydrogens (tertiary/aromatic N) is 1. The highest BCUT2D eigenvalue weighted by molar-refractivity contribution is 5.34. The molecule has 0 amide bonds. The van der Waals surface area contributed by atoms with Crippen LogP contribution < -0.4 is 0 Å². The van der Waals surface area contributed by atoms with Gasteiger partial charge in [0.15, 0.2) is 0 Å². The van der Waals surface area contributed by atoms with E-state index < -0.39 is 11.0 Å². The van der Waals surface area contributed by atoms with Crippen molar-refractivity contribution in [3.63, 3.8) is 0 Å². The van der Waals surface area contributed by atoms with Crippen LogP contribution in [0.15, 0.2) is 36.4 Å². The van der Waals surface area contributed by atoms with Crippen LogP contribution >= 0.6 is 0 Å². The monoisotopic (exact) mass is 375 g/mol. The van der Waals surface area contributed by atoms with Gasteiger partial charge in [-0.25, -0.2) is 0 Å². The minimum Gasteiger partial charge on any atom is -0.388 e. The number of aliphatic hydroxyl groups excluding tert-OH is 1. The lowest BCUT2D eigenvalue weighted by Gasteiger charge is -2.58. The molecule has 4 nitrogen and oxygen atoms in total. The lowest BCUT2D eigenvalue weighted by Crippen LogP contribution is -2.51. The van der Waals surface area contributed by atoms with Gasteiger partial charge in [0, 0.05) is 12.1 Å². The molecular formula is C23H37NO3. The van der Waals surface area contributed by atoms with E-state index in [1.54, 1.807) is 12.1 Å². The van der Waals surface area contributed by atoms with Crippen molar-refractivity contribution in [2.24, 2.45) is 21.7 Å². The lowest BCUT2D eigenvalue weighted by molar-refractivity contribution is -0.384. The summed E-state index contributed by atoms with van der Waals surface area (Å²) in [5.41, 5.74) is 1.51. The molecule has 0 aliphatic carbocycles. The Morgan fingerprint density at radius 2 is 1.44 bits per heavy atom. The zero-order valence-electron chi connectivity index (χ0n) is 18.5. The number of benzene rings is 1. The Labute approximate surface area is 164 Å². The van der Waals surface area contributed by atoms with Crippen molar-refractivity contribution in [1.82, 2.24) is 0 Å². The van der Waals surface area contributed by atoms with Gasteiger partial charge < -0.3 is 5.11 Å². The summed E-state index contributed by atoms with van der Waals surface area (Å²) in [4.78, 5) is 10.4. The molecule has 0 aliphatic heterocycles. The molecule has 1 N–H and O–H groups in total. The Kier molecular flexibility index (Phi) is 6.39. The van der Waals surface area contributed by atoms with Gasteiger partial charge in [-0.05, 0) is 45.8 Å². The Hall–Kier alpha value is -1.68. The number of hydrogen-bond donors (Lipinski definition) is 1. The molecular weight excluding hydrogens is 338 g/mol. The fraction of sp³-hybridized carbons (Fsp3) is 0.652. The first-order valence-electron chi connectivity index (χ1n) is 9.57. The third-order valence-electron chi connectivity index (χ3n) is 7.81. The number of nitro groups is 1. The first-order valence-corrected chi connectivity index (χ1v) is 9.57. The smallest absolute Gasteiger partial charge is 0.269 e. The van der Waals surface area contributed by atoms with Gasteiger partial charge in [0.1, 0.15) is 0 Å². The van der Waals surface area contributed by atoms with Gasteiger partial charge in [0.25, 0.3) is 5.69 Å². The van der Waals surface area contributed by atoms with Crippen LogP contribution in [0.3, 0.4) is 0 Å². The van der Waals surface area contributed by atoms with Crippen molar-refractivity contribution in [3.8, 4) is 0 Å². The van der Waals surface area contributed by atoms with Gasteiger partial charge >= 0.3 is 0 Å². The van der Waals surface area contributed by atoms with E-state index in [4.69, 9.17) is 0 Å². The van der Waals surface area contributed by atoms with Crippen molar-refractivity contribution in [2.75, 3.05) is 0 Å². The van der Waals surface area contributed by atoms with Crippen LogP contribution in [0.25, 0.3) is 0 Å². The molecule has 152 valence electrons. The van der Waals surface area contributed by atoms with Crippen LogP contribution in [-0.4, -0.2) is 10.0 Å². The Bertz CT molecular complexity index is 691. The molecule has 1 atom stereocenters. The van der Waals surface area contributed by atoms with E-state index in [-0.39, 0.29) is 27.3 Å². The summed E-state index contributed by atoms with van der Waals surface area (Å²) in [6, 6.07) is 6.10. The maximum Gasteiger partial charge on any atom is 0.269 e. The highest BCUT2D eigenvalue weighted by atomic mass is 16.6. The average molecular weight is 376 g/mol. The standard InChI is InChI=1S/C23H37NO3/c1-16(15-19(25)17-11-13-18(14-12-17)24(26)27)21(5,6)23(9,10)22(7,8)20(2,3)4/h11-14,19,25H,1,15H2,2-10H3. The first-order chi connectivity index (χ1) is 12.0. The highest BCUT2D eigenvalue weighted by Crippen LogP contribution is 2.61. The molecule has 0 radical (unpaired) electrons. The fourth-order valence-electron chi connectivity index (χ4n) is 3.59. The summed E-state index contributed by atoms with van der Waals surface area (Å²) in [6.07, 6.45) is -0.305. The van der Waals surface area contributed by atoms with Crippen molar-refractivity contribution in [2.45, 2.75) is 74.8 Å². The van der Waals surface area contributed by atoms with E-state index in [1.165, 1.54) is 12.1 Å². The minimum atomic E-state index is -0.730. The zero-order chi connectivity index (χ0) is 21.4. The van der Waals surface area contributed by atoms with Crippen molar-refractivity contribution in [1.29, 1.82) is 0 Å². The Balaban J connectivity index is 3.07. The van der Waals surface area contributed by atoms with E-state index >= 15 is 0 Å². The first kappa shape index (κ1) is 23.4. The van der Waals surface area contributed by atoms with Crippen LogP contribution in [0.5, 0.6) is 0 Å². The number of hydrogen-bond acceptors (Lipinski definition) is 3. The molecule has 0 spiro atoms. The van der Waals surface area contributed by atoms with Crippen molar-refractivity contribution in [3.05, 3.63) is 52.1 Å². The second-order valence-corrected chi connectivity index (χ2v) is 10.3. The van der Waals surface area contributed by atoms with E-state index in [0.29, 0.717) is 12.0 Å². The van der Waals surface area contributed by atoms with Gasteiger partial charge in [-0.15, -0.1) is 0 Å². The molecule has 0 fully saturated rings. The summed E-state index contributed by atoms with van der Waals surface area (Å²) in [5, 5.41) is 21.5. The third kappa shape index (κ3) is 4.26. The van der Waals surface area contributed by atoms with Gasteiger partial charge in [0.05, 0.1) is 11.0 Å². The normalized spacial score (nSPS) is 14.7. The molecule has 0 aliphatic rings. The number of aliphatic hydroxyl groups is 1. The topological polar surface area (TPSA) is 63.4 Å². The second-order valence-electron chi connectivity index (χ2n) is 10.3. The van der Waals surface area contributed by atoms with Crippen LogP contribution in [-0.2, 0) is 0 Å². The summed E-state index contributed by atoms with van der Waals surface area (Å²) >= 11 is 0. The largest absolute Gasteiger partial charge is 0.388 e. The number of rotatable bonds is 7. The van der Waals surface area contributed by atoms with Crippen molar-refractivity contribution >= 4 is 5.69 Å². The Morgan fingerprint density at radius 3 is 1.81 bits per heavy atom. The summed E-state index contributed by atoms with van der Waals surface area (Å²) in [7, 11) is 0. The predicted molar refractivity (Wildman–Crippen MR) is 113 cm³/mol. The van der Waals surface area contributed by atoms with E-state index in [9.17, 15) is 15.2 Å². The molecule has 27 heavy (non-hydrogen) atoms. The number of non-ortho nitro benzene ring substituents is 1. The molecule has 0 bridgehead atoms. The fourth-order valence-corrected chi connectivity index (χ4v) is 3.59. The molecule has 1 aromatic carbocycles. The molecule has 0 heterocycles. The summed E-state index contributed by atoms with van der Waals surface area (Å²) in [6.45, 7) is 24.7. The van der Waals surface area contributed by atoms with Gasteiger partial charge in [-0.3, -0.25) is 10.1 Å². The van der Waals surface area contributed by atoms with Gasteiger partial charge in [0.2, 0.25) is 0 Å². The molecule has 0 saturated carbocycles. The molecule has 1 rings (SSSR count). The van der Waals surface area contributed by atoms with Crippen LogP contribution in [0, 0.1) is 31.8 Å². The highest BCUT2D eigenvalue weighted by Gasteiger charge is 2.53. The van der Waals surface area contributed by atoms with E-state index in [0.717, 1.165) is 5.57 Å². The van der Waals surface area contributed by atoms with Crippen LogP contribution in [0.4, 0.5) is 5.69 Å². The lowest BCUT2D eigenvalue weighted by atomic mass is 9.46. The summed E-state index contributed by atoms with van der Waals surface area (Å²) in [5.74, 6) is 0. The zero-order valence-corrected chi connectivity index (χ0v) is 18.5. The van der Waals surface area contributed by atoms with Crippen LogP contribution in [0.2, 0.25) is 0 Å².